The predicted molar refractivity (Wildman–Crippen MR) is 52.0 cm³/mol. The van der Waals surface area contributed by atoms with E-state index >= 15 is 0 Å². The van der Waals surface area contributed by atoms with Gasteiger partial charge in [0.2, 0.25) is 0 Å². The van der Waals surface area contributed by atoms with E-state index in [2.05, 4.69) is 9.47 Å². The minimum absolute atomic E-state index is 0.0395. The number of allylic oxidation sites excluding steroid dienone is 1. The molecule has 5 heteroatoms. The van der Waals surface area contributed by atoms with Crippen LogP contribution in [-0.2, 0) is 23.9 Å². The Morgan fingerprint density at radius 1 is 0.933 bits per heavy atom. The van der Waals surface area contributed by atoms with Crippen LogP contribution in [0.5, 0.6) is 0 Å². The monoisotopic (exact) mass is 214 g/mol. The van der Waals surface area contributed by atoms with E-state index < -0.39 is 11.9 Å². The lowest BCUT2D eigenvalue weighted by Gasteiger charge is -2.07. The molecule has 0 radical (unpaired) electrons. The molecule has 0 unspecified atom stereocenters. The summed E-state index contributed by atoms with van der Waals surface area (Å²) in [5, 5.41) is 0. The van der Waals surface area contributed by atoms with Crippen molar-refractivity contribution >= 4 is 17.7 Å². The van der Waals surface area contributed by atoms with Gasteiger partial charge in [-0.05, 0) is 13.0 Å². The van der Waals surface area contributed by atoms with Crippen LogP contribution in [0.2, 0.25) is 0 Å². The Hall–Kier alpha value is -1.65. The fourth-order valence-corrected chi connectivity index (χ4v) is 0.801. The second-order valence-electron chi connectivity index (χ2n) is 2.97. The summed E-state index contributed by atoms with van der Waals surface area (Å²) in [5.41, 5.74) is 0.452. The molecule has 0 fully saturated rings. The number of ether oxygens (including phenoxy) is 2. The van der Waals surface area contributed by atoms with E-state index in [4.69, 9.17) is 0 Å². The molecule has 0 aromatic carbocycles. The molecule has 84 valence electrons. The summed E-state index contributed by atoms with van der Waals surface area (Å²) in [6.45, 7) is 3.81. The van der Waals surface area contributed by atoms with Gasteiger partial charge in [-0.2, -0.15) is 0 Å². The van der Waals surface area contributed by atoms with Gasteiger partial charge in [-0.1, -0.05) is 0 Å². The first-order valence-electron chi connectivity index (χ1n) is 4.38. The van der Waals surface area contributed by atoms with Crippen LogP contribution in [0.3, 0.4) is 0 Å². The summed E-state index contributed by atoms with van der Waals surface area (Å²) in [4.78, 5) is 31.8. The highest BCUT2D eigenvalue weighted by molar-refractivity contribution is 5.88. The van der Waals surface area contributed by atoms with Crippen LogP contribution in [0.25, 0.3) is 0 Å². The van der Waals surface area contributed by atoms with E-state index in [1.165, 1.54) is 26.8 Å². The lowest BCUT2D eigenvalue weighted by Crippen LogP contribution is -2.11. The molecule has 15 heavy (non-hydrogen) atoms. The third-order valence-electron chi connectivity index (χ3n) is 1.33. The van der Waals surface area contributed by atoms with Crippen LogP contribution in [-0.4, -0.2) is 30.9 Å². The number of rotatable bonds is 5. The van der Waals surface area contributed by atoms with Crippen molar-refractivity contribution in [2.24, 2.45) is 0 Å². The second-order valence-corrected chi connectivity index (χ2v) is 2.97. The molecule has 0 atom stereocenters. The molecule has 0 aromatic heterocycles. The van der Waals surface area contributed by atoms with Crippen molar-refractivity contribution in [3.05, 3.63) is 11.6 Å². The summed E-state index contributed by atoms with van der Waals surface area (Å²) in [7, 11) is 0. The molecule has 0 aliphatic carbocycles. The lowest BCUT2D eigenvalue weighted by atomic mass is 10.2. The van der Waals surface area contributed by atoms with Gasteiger partial charge in [0.25, 0.3) is 0 Å². The Bertz CT molecular complexity index is 270. The second kappa shape index (κ2) is 6.75. The van der Waals surface area contributed by atoms with E-state index in [9.17, 15) is 14.4 Å². The Morgan fingerprint density at radius 2 is 1.33 bits per heavy atom. The minimum atomic E-state index is -0.452. The lowest BCUT2D eigenvalue weighted by molar-refractivity contribution is -0.141. The van der Waals surface area contributed by atoms with Gasteiger partial charge < -0.3 is 9.47 Å². The molecule has 0 amide bonds. The highest BCUT2D eigenvalue weighted by Gasteiger charge is 2.04. The zero-order valence-electron chi connectivity index (χ0n) is 9.03. The zero-order valence-corrected chi connectivity index (χ0v) is 9.03. The Morgan fingerprint density at radius 3 is 1.60 bits per heavy atom. The summed E-state index contributed by atoms with van der Waals surface area (Å²) < 4.78 is 9.37. The van der Waals surface area contributed by atoms with Crippen LogP contribution < -0.4 is 0 Å². The van der Waals surface area contributed by atoms with Crippen molar-refractivity contribution in [3.63, 3.8) is 0 Å². The maximum Gasteiger partial charge on any atom is 0.302 e. The van der Waals surface area contributed by atoms with Crippen LogP contribution >= 0.6 is 0 Å². The van der Waals surface area contributed by atoms with E-state index in [0.717, 1.165) is 0 Å². The molecule has 0 aliphatic rings. The number of carbonyl (C=O) groups is 3. The average molecular weight is 214 g/mol. The van der Waals surface area contributed by atoms with Gasteiger partial charge in [-0.3, -0.25) is 14.4 Å². The largest absolute Gasteiger partial charge is 0.461 e. The van der Waals surface area contributed by atoms with Gasteiger partial charge in [0, 0.05) is 19.4 Å². The predicted octanol–water partition coefficient (Wildman–Crippen LogP) is 0.628. The fourth-order valence-electron chi connectivity index (χ4n) is 0.801. The smallest absolute Gasteiger partial charge is 0.302 e. The van der Waals surface area contributed by atoms with E-state index in [1.54, 1.807) is 0 Å². The van der Waals surface area contributed by atoms with Crippen molar-refractivity contribution in [1.29, 1.82) is 0 Å². The Balaban J connectivity index is 4.25. The van der Waals surface area contributed by atoms with Crippen molar-refractivity contribution in [2.75, 3.05) is 13.2 Å². The van der Waals surface area contributed by atoms with Gasteiger partial charge in [-0.25, -0.2) is 0 Å². The first-order valence-corrected chi connectivity index (χ1v) is 4.38. The molecule has 0 N–H and O–H groups in total. The summed E-state index contributed by atoms with van der Waals surface area (Å²) >= 11 is 0. The molecule has 0 aliphatic heterocycles. The minimum Gasteiger partial charge on any atom is -0.461 e. The molecule has 0 saturated heterocycles. The summed E-state index contributed by atoms with van der Waals surface area (Å²) in [6, 6.07) is 0. The van der Waals surface area contributed by atoms with Gasteiger partial charge in [0.15, 0.2) is 5.78 Å². The summed E-state index contributed by atoms with van der Waals surface area (Å²) in [6.07, 6.45) is 1.28. The number of hydrogen-bond acceptors (Lipinski definition) is 5. The van der Waals surface area contributed by atoms with Crippen molar-refractivity contribution in [3.8, 4) is 0 Å². The number of hydrogen-bond donors (Lipinski definition) is 0. The van der Waals surface area contributed by atoms with E-state index in [0.29, 0.717) is 5.57 Å². The normalized spacial score (nSPS) is 9.00. The molecule has 5 nitrogen and oxygen atoms in total. The number of ketones is 1. The van der Waals surface area contributed by atoms with E-state index in [1.807, 2.05) is 0 Å². The van der Waals surface area contributed by atoms with Crippen LogP contribution in [0, 0.1) is 0 Å². The van der Waals surface area contributed by atoms with Crippen LogP contribution in [0.4, 0.5) is 0 Å². The molecule has 0 rings (SSSR count). The topological polar surface area (TPSA) is 69.7 Å². The molecule has 0 saturated carbocycles. The van der Waals surface area contributed by atoms with Gasteiger partial charge >= 0.3 is 11.9 Å². The zero-order chi connectivity index (χ0) is 11.8. The van der Waals surface area contributed by atoms with Gasteiger partial charge in [0.05, 0.1) is 0 Å². The van der Waals surface area contributed by atoms with Crippen LogP contribution in [0.15, 0.2) is 11.6 Å². The highest BCUT2D eigenvalue weighted by Crippen LogP contribution is 1.98. The van der Waals surface area contributed by atoms with E-state index in [-0.39, 0.29) is 19.0 Å². The quantitative estimate of drug-likeness (QED) is 0.496. The molecular weight excluding hydrogens is 200 g/mol. The molecule has 0 aromatic rings. The maximum atomic E-state index is 10.8. The first kappa shape index (κ1) is 13.4. The standard InChI is InChI=1S/C10H14O5/c1-7(11)4-10(5-14-8(2)12)6-15-9(3)13/h4H,5-6H2,1-3H3. The summed E-state index contributed by atoms with van der Waals surface area (Å²) in [5.74, 6) is -1.09. The van der Waals surface area contributed by atoms with Crippen molar-refractivity contribution in [1.82, 2.24) is 0 Å². The number of esters is 2. The SMILES string of the molecule is CC(=O)C=C(COC(C)=O)COC(C)=O. The van der Waals surface area contributed by atoms with Gasteiger partial charge in [0.1, 0.15) is 13.2 Å². The third-order valence-corrected chi connectivity index (χ3v) is 1.33. The molecule has 0 spiro atoms. The molecule has 0 heterocycles. The Kier molecular flexibility index (Phi) is 6.01. The average Bonchev–Trinajstić information content (AvgIpc) is 2.08. The first-order chi connectivity index (χ1) is 6.91. The molecular formula is C10H14O5. The van der Waals surface area contributed by atoms with Crippen molar-refractivity contribution < 1.29 is 23.9 Å². The Labute approximate surface area is 88.0 Å². The third kappa shape index (κ3) is 8.67. The highest BCUT2D eigenvalue weighted by atomic mass is 16.5. The fraction of sp³-hybridized carbons (Fsp3) is 0.500. The maximum absolute atomic E-state index is 10.8. The van der Waals surface area contributed by atoms with Crippen LogP contribution in [0.1, 0.15) is 20.8 Å². The molecule has 0 bridgehead atoms. The number of carbonyl (C=O) groups excluding carboxylic acids is 3. The van der Waals surface area contributed by atoms with Crippen molar-refractivity contribution in [2.45, 2.75) is 20.8 Å². The van der Waals surface area contributed by atoms with Gasteiger partial charge in [-0.15, -0.1) is 0 Å².